The number of carbonyl (C=O) groups is 1. The number of rotatable bonds is 3. The molecule has 0 fully saturated rings. The van der Waals surface area contributed by atoms with E-state index in [0.29, 0.717) is 17.1 Å². The fourth-order valence-electron chi connectivity index (χ4n) is 1.87. The molecule has 0 aliphatic heterocycles. The molecule has 1 heterocycles. The lowest BCUT2D eigenvalue weighted by molar-refractivity contribution is 0.0733. The van der Waals surface area contributed by atoms with E-state index in [4.69, 9.17) is 9.15 Å². The van der Waals surface area contributed by atoms with Crippen LogP contribution in [0.25, 0.3) is 11.3 Å². The molecular formula is C17H12O3. The van der Waals surface area contributed by atoms with Crippen LogP contribution in [-0.2, 0) is 0 Å². The minimum Gasteiger partial charge on any atom is -0.460 e. The summed E-state index contributed by atoms with van der Waals surface area (Å²) in [5.41, 5.74) is 1.45. The topological polar surface area (TPSA) is 39.4 Å². The van der Waals surface area contributed by atoms with Gasteiger partial charge in [-0.3, -0.25) is 0 Å². The van der Waals surface area contributed by atoms with E-state index >= 15 is 0 Å². The van der Waals surface area contributed by atoms with Crippen LogP contribution in [0.2, 0.25) is 0 Å². The van der Waals surface area contributed by atoms with E-state index in [1.807, 2.05) is 36.4 Å². The van der Waals surface area contributed by atoms with Crippen LogP contribution in [0.4, 0.5) is 0 Å². The Morgan fingerprint density at radius 3 is 2.25 bits per heavy atom. The summed E-state index contributed by atoms with van der Waals surface area (Å²) >= 11 is 0. The van der Waals surface area contributed by atoms with E-state index in [2.05, 4.69) is 0 Å². The van der Waals surface area contributed by atoms with Crippen LogP contribution in [-0.4, -0.2) is 5.97 Å². The molecule has 0 spiro atoms. The molecule has 20 heavy (non-hydrogen) atoms. The van der Waals surface area contributed by atoms with Crippen LogP contribution in [0.3, 0.4) is 0 Å². The molecule has 0 unspecified atom stereocenters. The zero-order valence-corrected chi connectivity index (χ0v) is 10.7. The van der Waals surface area contributed by atoms with E-state index in [9.17, 15) is 4.79 Å². The summed E-state index contributed by atoms with van der Waals surface area (Å²) in [4.78, 5) is 11.9. The highest BCUT2D eigenvalue weighted by Crippen LogP contribution is 2.26. The minimum atomic E-state index is -0.397. The molecule has 3 nitrogen and oxygen atoms in total. The molecule has 3 aromatic rings. The number of ether oxygens (including phenoxy) is 1. The van der Waals surface area contributed by atoms with Crippen molar-refractivity contribution < 1.29 is 13.9 Å². The molecule has 0 bridgehead atoms. The zero-order chi connectivity index (χ0) is 13.8. The van der Waals surface area contributed by atoms with Crippen LogP contribution in [0, 0.1) is 0 Å². The average molecular weight is 264 g/mol. The molecular weight excluding hydrogens is 252 g/mol. The molecule has 0 aliphatic rings. The number of furan rings is 1. The van der Waals surface area contributed by atoms with Gasteiger partial charge in [-0.1, -0.05) is 48.5 Å². The van der Waals surface area contributed by atoms with Gasteiger partial charge in [0.05, 0.1) is 5.56 Å². The van der Waals surface area contributed by atoms with Crippen molar-refractivity contribution in [2.45, 2.75) is 0 Å². The molecule has 3 heteroatoms. The summed E-state index contributed by atoms with van der Waals surface area (Å²) < 4.78 is 10.7. The highest BCUT2D eigenvalue weighted by molar-refractivity contribution is 5.91. The van der Waals surface area contributed by atoms with E-state index < -0.39 is 5.97 Å². The van der Waals surface area contributed by atoms with Crippen molar-refractivity contribution in [3.8, 4) is 17.1 Å². The maximum Gasteiger partial charge on any atom is 0.343 e. The molecule has 3 rings (SSSR count). The Balaban J connectivity index is 1.77. The maximum atomic E-state index is 11.9. The smallest absolute Gasteiger partial charge is 0.343 e. The first kappa shape index (κ1) is 12.2. The van der Waals surface area contributed by atoms with Crippen LogP contribution in [0.5, 0.6) is 5.75 Å². The Kier molecular flexibility index (Phi) is 3.33. The molecule has 0 N–H and O–H groups in total. The third-order valence-electron chi connectivity index (χ3n) is 2.85. The average Bonchev–Trinajstić information content (AvgIpc) is 2.97. The van der Waals surface area contributed by atoms with Crippen molar-refractivity contribution in [3.05, 3.63) is 78.6 Å². The third-order valence-corrected chi connectivity index (χ3v) is 2.85. The SMILES string of the molecule is O=C(Oc1coc(-c2ccccc2)c1)c1ccccc1. The summed E-state index contributed by atoms with van der Waals surface area (Å²) in [7, 11) is 0. The monoisotopic (exact) mass is 264 g/mol. The highest BCUT2D eigenvalue weighted by atomic mass is 16.5. The van der Waals surface area contributed by atoms with Gasteiger partial charge in [0.25, 0.3) is 0 Å². The summed E-state index contributed by atoms with van der Waals surface area (Å²) in [6.45, 7) is 0. The number of hydrogen-bond acceptors (Lipinski definition) is 3. The first-order chi connectivity index (χ1) is 9.83. The summed E-state index contributed by atoms with van der Waals surface area (Å²) in [5, 5.41) is 0. The summed E-state index contributed by atoms with van der Waals surface area (Å²) in [5.74, 6) is 0.671. The predicted octanol–water partition coefficient (Wildman–Crippen LogP) is 4.17. The first-order valence-corrected chi connectivity index (χ1v) is 6.24. The highest BCUT2D eigenvalue weighted by Gasteiger charge is 2.11. The fourth-order valence-corrected chi connectivity index (χ4v) is 1.87. The van der Waals surface area contributed by atoms with Crippen molar-refractivity contribution in [2.24, 2.45) is 0 Å². The quantitative estimate of drug-likeness (QED) is 0.666. The lowest BCUT2D eigenvalue weighted by Crippen LogP contribution is -2.07. The second-order valence-corrected chi connectivity index (χ2v) is 4.27. The van der Waals surface area contributed by atoms with Crippen LogP contribution < -0.4 is 4.74 Å². The van der Waals surface area contributed by atoms with Gasteiger partial charge in [-0.15, -0.1) is 0 Å². The van der Waals surface area contributed by atoms with E-state index in [-0.39, 0.29) is 0 Å². The molecule has 0 amide bonds. The van der Waals surface area contributed by atoms with Crippen molar-refractivity contribution in [2.75, 3.05) is 0 Å². The summed E-state index contributed by atoms with van der Waals surface area (Å²) in [6.07, 6.45) is 1.43. The Morgan fingerprint density at radius 1 is 0.900 bits per heavy atom. The number of carbonyl (C=O) groups excluding carboxylic acids is 1. The number of esters is 1. The molecule has 0 saturated carbocycles. The minimum absolute atomic E-state index is 0.397. The van der Waals surface area contributed by atoms with Gasteiger partial charge in [-0.2, -0.15) is 0 Å². The van der Waals surface area contributed by atoms with Crippen LogP contribution in [0.15, 0.2) is 77.4 Å². The van der Waals surface area contributed by atoms with Gasteiger partial charge >= 0.3 is 5.97 Å². The second kappa shape index (κ2) is 5.45. The van der Waals surface area contributed by atoms with E-state index in [0.717, 1.165) is 5.56 Å². The molecule has 98 valence electrons. The van der Waals surface area contributed by atoms with Gasteiger partial charge in [0.1, 0.15) is 12.0 Å². The second-order valence-electron chi connectivity index (χ2n) is 4.27. The van der Waals surface area contributed by atoms with Gasteiger partial charge in [-0.05, 0) is 12.1 Å². The molecule has 0 atom stereocenters. The molecule has 2 aromatic carbocycles. The first-order valence-electron chi connectivity index (χ1n) is 6.24. The predicted molar refractivity (Wildman–Crippen MR) is 75.5 cm³/mol. The van der Waals surface area contributed by atoms with Gasteiger partial charge in [0, 0.05) is 11.6 Å². The van der Waals surface area contributed by atoms with Gasteiger partial charge in [0.2, 0.25) is 0 Å². The lowest BCUT2D eigenvalue weighted by atomic mass is 10.2. The fraction of sp³-hybridized carbons (Fsp3) is 0. The van der Waals surface area contributed by atoms with Crippen LogP contribution >= 0.6 is 0 Å². The lowest BCUT2D eigenvalue weighted by Gasteiger charge is -2.00. The van der Waals surface area contributed by atoms with Crippen molar-refractivity contribution in [1.29, 1.82) is 0 Å². The third kappa shape index (κ3) is 2.62. The Morgan fingerprint density at radius 2 is 1.55 bits per heavy atom. The normalized spacial score (nSPS) is 10.2. The van der Waals surface area contributed by atoms with Crippen molar-refractivity contribution in [1.82, 2.24) is 0 Å². The van der Waals surface area contributed by atoms with Crippen LogP contribution in [0.1, 0.15) is 10.4 Å². The van der Waals surface area contributed by atoms with Crippen molar-refractivity contribution >= 4 is 5.97 Å². The van der Waals surface area contributed by atoms with Gasteiger partial charge in [0.15, 0.2) is 5.75 Å². The van der Waals surface area contributed by atoms with E-state index in [1.165, 1.54) is 6.26 Å². The largest absolute Gasteiger partial charge is 0.460 e. The number of benzene rings is 2. The molecule has 0 saturated heterocycles. The standard InChI is InChI=1S/C17H12O3/c18-17(14-9-5-2-6-10-14)20-15-11-16(19-12-15)13-7-3-1-4-8-13/h1-12H. The Bertz CT molecular complexity index is 699. The molecule has 1 aromatic heterocycles. The van der Waals surface area contributed by atoms with E-state index in [1.54, 1.807) is 30.3 Å². The Labute approximate surface area is 116 Å². The number of hydrogen-bond donors (Lipinski definition) is 0. The van der Waals surface area contributed by atoms with Gasteiger partial charge in [-0.25, -0.2) is 4.79 Å². The van der Waals surface area contributed by atoms with Gasteiger partial charge < -0.3 is 9.15 Å². The molecule has 0 aliphatic carbocycles. The maximum absolute atomic E-state index is 11.9. The molecule has 0 radical (unpaired) electrons. The zero-order valence-electron chi connectivity index (χ0n) is 10.7. The Hall–Kier alpha value is -2.81. The van der Waals surface area contributed by atoms with Crippen molar-refractivity contribution in [3.63, 3.8) is 0 Å². The summed E-state index contributed by atoms with van der Waals surface area (Å²) in [6, 6.07) is 20.2.